The van der Waals surface area contributed by atoms with Gasteiger partial charge >= 0.3 is 0 Å². The Kier molecular flexibility index (Phi) is 5.65. The quantitative estimate of drug-likeness (QED) is 0.627. The molecule has 2 unspecified atom stereocenters. The molecule has 0 aliphatic carbocycles. The van der Waals surface area contributed by atoms with E-state index in [4.69, 9.17) is 16.0 Å². The molecule has 1 N–H and O–H groups in total. The van der Waals surface area contributed by atoms with Crippen LogP contribution in [0.5, 0.6) is 0 Å². The number of aryl methyl sites for hydroxylation is 1. The first-order chi connectivity index (χ1) is 14.0. The number of nitrogens with zero attached hydrogens (tertiary/aromatic N) is 1. The first-order valence-electron chi connectivity index (χ1n) is 9.13. The molecule has 1 aliphatic heterocycles. The predicted molar refractivity (Wildman–Crippen MR) is 115 cm³/mol. The molecule has 3 aromatic rings. The molecule has 29 heavy (non-hydrogen) atoms. The summed E-state index contributed by atoms with van der Waals surface area (Å²) in [7, 11) is 0. The van der Waals surface area contributed by atoms with Crippen molar-refractivity contribution in [2.75, 3.05) is 11.1 Å². The fourth-order valence-electron chi connectivity index (χ4n) is 3.26. The van der Waals surface area contributed by atoms with Crippen molar-refractivity contribution in [3.8, 4) is 0 Å². The van der Waals surface area contributed by atoms with Gasteiger partial charge < -0.3 is 14.6 Å². The highest BCUT2D eigenvalue weighted by atomic mass is 35.5. The molecule has 4 rings (SSSR count). The van der Waals surface area contributed by atoms with E-state index >= 15 is 0 Å². The zero-order valence-electron chi connectivity index (χ0n) is 15.7. The summed E-state index contributed by atoms with van der Waals surface area (Å²) in [5, 5.41) is 2.96. The van der Waals surface area contributed by atoms with Crippen LogP contribution in [0.1, 0.15) is 26.9 Å². The van der Waals surface area contributed by atoms with E-state index in [1.165, 1.54) is 11.8 Å². The molecule has 2 heterocycles. The van der Waals surface area contributed by atoms with Crippen LogP contribution in [0.15, 0.2) is 71.5 Å². The van der Waals surface area contributed by atoms with Gasteiger partial charge in [-0.05, 0) is 37.3 Å². The third-order valence-corrected chi connectivity index (χ3v) is 6.44. The Labute approximate surface area is 178 Å². The second-order valence-corrected chi connectivity index (χ2v) is 8.33. The largest absolute Gasteiger partial charge is 0.472 e. The van der Waals surface area contributed by atoms with Crippen molar-refractivity contribution in [3.05, 3.63) is 88.8 Å². The van der Waals surface area contributed by atoms with Crippen molar-refractivity contribution >= 4 is 40.9 Å². The molecule has 1 aliphatic rings. The van der Waals surface area contributed by atoms with Crippen LogP contribution in [-0.2, 0) is 4.79 Å². The standard InChI is InChI=1S/C22H19ClN2O3S/c1-14-6-8-16(9-7-14)24-20(26)19-13-29-22(15-10-11-28-12-15)25(19)21(27)17-4-2-3-5-18(17)23/h2-12,19,22H,13H2,1H3,(H,24,26). The predicted octanol–water partition coefficient (Wildman–Crippen LogP) is 5.14. The van der Waals surface area contributed by atoms with Crippen LogP contribution in [0.2, 0.25) is 5.02 Å². The summed E-state index contributed by atoms with van der Waals surface area (Å²) in [5.74, 6) is -0.0346. The molecular weight excluding hydrogens is 408 g/mol. The molecule has 1 aromatic heterocycles. The molecule has 1 fully saturated rings. The fraction of sp³-hybridized carbons (Fsp3) is 0.182. The Bertz CT molecular complexity index is 1020. The number of carbonyl (C=O) groups excluding carboxylic acids is 2. The molecule has 0 bridgehead atoms. The van der Waals surface area contributed by atoms with Gasteiger partial charge in [0, 0.05) is 17.0 Å². The Balaban J connectivity index is 1.65. The number of furan rings is 1. The second kappa shape index (κ2) is 8.35. The van der Waals surface area contributed by atoms with Gasteiger partial charge in [-0.2, -0.15) is 0 Å². The zero-order chi connectivity index (χ0) is 20.4. The summed E-state index contributed by atoms with van der Waals surface area (Å²) in [4.78, 5) is 28.1. The van der Waals surface area contributed by atoms with Crippen LogP contribution < -0.4 is 5.32 Å². The number of benzene rings is 2. The number of nitrogens with one attached hydrogen (secondary N) is 1. The average Bonchev–Trinajstić information content (AvgIpc) is 3.39. The molecule has 0 saturated carbocycles. The average molecular weight is 427 g/mol. The summed E-state index contributed by atoms with van der Waals surface area (Å²) >= 11 is 7.80. The number of hydrogen-bond donors (Lipinski definition) is 1. The first kappa shape index (κ1) is 19.6. The van der Waals surface area contributed by atoms with Gasteiger partial charge in [-0.15, -0.1) is 11.8 Å². The lowest BCUT2D eigenvalue weighted by Gasteiger charge is -2.28. The van der Waals surface area contributed by atoms with Gasteiger partial charge in [-0.1, -0.05) is 41.4 Å². The molecule has 0 radical (unpaired) electrons. The molecule has 2 aromatic carbocycles. The van der Waals surface area contributed by atoms with E-state index in [0.29, 0.717) is 22.0 Å². The van der Waals surface area contributed by atoms with Gasteiger partial charge in [0.15, 0.2) is 0 Å². The summed E-state index contributed by atoms with van der Waals surface area (Å²) < 4.78 is 5.21. The number of amides is 2. The SMILES string of the molecule is Cc1ccc(NC(=O)C2CSC(c3ccoc3)N2C(=O)c2ccccc2Cl)cc1. The van der Waals surface area contributed by atoms with E-state index in [-0.39, 0.29) is 17.2 Å². The van der Waals surface area contributed by atoms with E-state index in [2.05, 4.69) is 5.32 Å². The van der Waals surface area contributed by atoms with Crippen LogP contribution in [0.3, 0.4) is 0 Å². The van der Waals surface area contributed by atoms with Gasteiger partial charge in [0.25, 0.3) is 5.91 Å². The van der Waals surface area contributed by atoms with Crippen LogP contribution in [-0.4, -0.2) is 28.5 Å². The van der Waals surface area contributed by atoms with Crippen LogP contribution >= 0.6 is 23.4 Å². The molecule has 2 amide bonds. The van der Waals surface area contributed by atoms with Gasteiger partial charge in [0.2, 0.25) is 5.91 Å². The number of carbonyl (C=O) groups is 2. The van der Waals surface area contributed by atoms with Crippen molar-refractivity contribution < 1.29 is 14.0 Å². The molecule has 1 saturated heterocycles. The highest BCUT2D eigenvalue weighted by Crippen LogP contribution is 2.43. The van der Waals surface area contributed by atoms with Crippen molar-refractivity contribution in [2.45, 2.75) is 18.3 Å². The molecule has 0 spiro atoms. The lowest BCUT2D eigenvalue weighted by Crippen LogP contribution is -2.45. The minimum atomic E-state index is -0.634. The zero-order valence-corrected chi connectivity index (χ0v) is 17.2. The normalized spacial score (nSPS) is 18.6. The lowest BCUT2D eigenvalue weighted by atomic mass is 10.1. The fourth-order valence-corrected chi connectivity index (χ4v) is 4.89. The molecule has 148 valence electrons. The summed E-state index contributed by atoms with van der Waals surface area (Å²) in [6, 6.07) is 15.6. The topological polar surface area (TPSA) is 62.6 Å². The lowest BCUT2D eigenvalue weighted by molar-refractivity contribution is -0.119. The van der Waals surface area contributed by atoms with Gasteiger partial charge in [0.05, 0.1) is 23.1 Å². The Hall–Kier alpha value is -2.70. The molecule has 2 atom stereocenters. The van der Waals surface area contributed by atoms with E-state index < -0.39 is 6.04 Å². The third kappa shape index (κ3) is 4.04. The van der Waals surface area contributed by atoms with Gasteiger partial charge in [0.1, 0.15) is 11.4 Å². The van der Waals surface area contributed by atoms with Crippen LogP contribution in [0.25, 0.3) is 0 Å². The van der Waals surface area contributed by atoms with E-state index in [0.717, 1.165) is 11.1 Å². The maximum atomic E-state index is 13.4. The monoisotopic (exact) mass is 426 g/mol. The van der Waals surface area contributed by atoms with E-state index in [1.54, 1.807) is 41.7 Å². The highest BCUT2D eigenvalue weighted by Gasteiger charge is 2.43. The highest BCUT2D eigenvalue weighted by molar-refractivity contribution is 7.99. The Morgan fingerprint density at radius 2 is 1.90 bits per heavy atom. The van der Waals surface area contributed by atoms with E-state index in [1.807, 2.05) is 37.3 Å². The summed E-state index contributed by atoms with van der Waals surface area (Å²) in [5.41, 5.74) is 3.01. The van der Waals surface area contributed by atoms with Crippen LogP contribution in [0, 0.1) is 6.92 Å². The Morgan fingerprint density at radius 1 is 1.14 bits per heavy atom. The van der Waals surface area contributed by atoms with Crippen molar-refractivity contribution in [1.82, 2.24) is 4.90 Å². The van der Waals surface area contributed by atoms with Crippen LogP contribution in [0.4, 0.5) is 5.69 Å². The number of thioether (sulfide) groups is 1. The molecular formula is C22H19ClN2O3S. The molecule has 7 heteroatoms. The molecule has 5 nitrogen and oxygen atoms in total. The summed E-state index contributed by atoms with van der Waals surface area (Å²) in [6.07, 6.45) is 3.17. The minimum absolute atomic E-state index is 0.229. The van der Waals surface area contributed by atoms with Crippen molar-refractivity contribution in [1.29, 1.82) is 0 Å². The number of anilines is 1. The van der Waals surface area contributed by atoms with Crippen molar-refractivity contribution in [3.63, 3.8) is 0 Å². The van der Waals surface area contributed by atoms with E-state index in [9.17, 15) is 9.59 Å². The third-order valence-electron chi connectivity index (χ3n) is 4.79. The van der Waals surface area contributed by atoms with Crippen molar-refractivity contribution in [2.24, 2.45) is 0 Å². The maximum absolute atomic E-state index is 13.4. The van der Waals surface area contributed by atoms with Gasteiger partial charge in [-0.25, -0.2) is 0 Å². The van der Waals surface area contributed by atoms with Gasteiger partial charge in [-0.3, -0.25) is 9.59 Å². The number of hydrogen-bond acceptors (Lipinski definition) is 4. The number of rotatable bonds is 4. The summed E-state index contributed by atoms with van der Waals surface area (Å²) in [6.45, 7) is 1.98. The maximum Gasteiger partial charge on any atom is 0.257 e. The first-order valence-corrected chi connectivity index (χ1v) is 10.6. The smallest absolute Gasteiger partial charge is 0.257 e. The second-order valence-electron chi connectivity index (χ2n) is 6.81. The minimum Gasteiger partial charge on any atom is -0.472 e. The number of halogens is 1. The Morgan fingerprint density at radius 3 is 2.59 bits per heavy atom.